The number of hydrogen-bond acceptors (Lipinski definition) is 2. The molecule has 0 aliphatic carbocycles. The molecule has 0 saturated carbocycles. The predicted octanol–water partition coefficient (Wildman–Crippen LogP) is 4.08. The van der Waals surface area contributed by atoms with Crippen LogP contribution in [0, 0.1) is 6.92 Å². The number of aromatic carboxylic acids is 1. The molecule has 1 rings (SSSR count). The highest BCUT2D eigenvalue weighted by atomic mass is 28.4. The van der Waals surface area contributed by atoms with Crippen molar-refractivity contribution in [1.29, 1.82) is 0 Å². The Hall–Kier alpha value is -1.29. The minimum atomic E-state index is -1.93. The predicted molar refractivity (Wildman–Crippen MR) is 76.0 cm³/mol. The van der Waals surface area contributed by atoms with E-state index in [1.165, 1.54) is 0 Å². The average molecular weight is 266 g/mol. The third-order valence-electron chi connectivity index (χ3n) is 3.69. The van der Waals surface area contributed by atoms with Gasteiger partial charge in [-0.15, -0.1) is 0 Å². The molecule has 4 heteroatoms. The fourth-order valence-corrected chi connectivity index (χ4v) is 2.46. The summed E-state index contributed by atoms with van der Waals surface area (Å²) in [4.78, 5) is 11.1. The number of rotatable bonds is 3. The van der Waals surface area contributed by atoms with Gasteiger partial charge >= 0.3 is 5.97 Å². The molecule has 0 bridgehead atoms. The standard InChI is InChI=1S/C14H22O3Si/c1-10-11(13(15)16)8-7-9-12(10)17-18(5,6)14(2,3)4/h7-9H,1-6H3,(H,15,16). The Morgan fingerprint density at radius 2 is 1.83 bits per heavy atom. The molecule has 100 valence electrons. The Kier molecular flexibility index (Phi) is 3.91. The Labute approximate surface area is 110 Å². The topological polar surface area (TPSA) is 46.5 Å². The van der Waals surface area contributed by atoms with Crippen molar-refractivity contribution in [2.24, 2.45) is 0 Å². The van der Waals surface area contributed by atoms with Crippen molar-refractivity contribution in [3.63, 3.8) is 0 Å². The molecule has 0 heterocycles. The van der Waals surface area contributed by atoms with Crippen molar-refractivity contribution in [1.82, 2.24) is 0 Å². The number of carboxylic acids is 1. The van der Waals surface area contributed by atoms with Crippen LogP contribution in [0.15, 0.2) is 18.2 Å². The van der Waals surface area contributed by atoms with E-state index < -0.39 is 14.3 Å². The van der Waals surface area contributed by atoms with E-state index in [2.05, 4.69) is 33.9 Å². The molecule has 0 spiro atoms. The van der Waals surface area contributed by atoms with Gasteiger partial charge in [-0.2, -0.15) is 0 Å². The van der Waals surface area contributed by atoms with Crippen LogP contribution in [0.3, 0.4) is 0 Å². The summed E-state index contributed by atoms with van der Waals surface area (Å²) >= 11 is 0. The van der Waals surface area contributed by atoms with Crippen LogP contribution in [0.4, 0.5) is 0 Å². The maximum Gasteiger partial charge on any atom is 0.336 e. The lowest BCUT2D eigenvalue weighted by molar-refractivity contribution is 0.0695. The molecule has 0 unspecified atom stereocenters. The van der Waals surface area contributed by atoms with Crippen LogP contribution >= 0.6 is 0 Å². The van der Waals surface area contributed by atoms with Gasteiger partial charge in [0.15, 0.2) is 0 Å². The molecule has 1 aromatic carbocycles. The summed E-state index contributed by atoms with van der Waals surface area (Å²) in [5.74, 6) is -0.213. The zero-order chi connectivity index (χ0) is 14.1. The van der Waals surface area contributed by atoms with Crippen LogP contribution in [0.5, 0.6) is 5.75 Å². The summed E-state index contributed by atoms with van der Waals surface area (Å²) in [6, 6.07) is 5.19. The summed E-state index contributed by atoms with van der Waals surface area (Å²) in [5, 5.41) is 9.20. The van der Waals surface area contributed by atoms with Crippen LogP contribution in [0.25, 0.3) is 0 Å². The lowest BCUT2D eigenvalue weighted by Crippen LogP contribution is -2.44. The third-order valence-corrected chi connectivity index (χ3v) is 8.03. The fourth-order valence-electron chi connectivity index (χ4n) is 1.38. The van der Waals surface area contributed by atoms with Crippen molar-refractivity contribution in [2.45, 2.75) is 45.8 Å². The van der Waals surface area contributed by atoms with Gasteiger partial charge in [0.05, 0.1) is 5.56 Å². The van der Waals surface area contributed by atoms with Gasteiger partial charge < -0.3 is 9.53 Å². The lowest BCUT2D eigenvalue weighted by atomic mass is 10.1. The van der Waals surface area contributed by atoms with Crippen LogP contribution in [-0.4, -0.2) is 19.4 Å². The van der Waals surface area contributed by atoms with Crippen LogP contribution in [0.1, 0.15) is 36.7 Å². The van der Waals surface area contributed by atoms with E-state index >= 15 is 0 Å². The van der Waals surface area contributed by atoms with E-state index in [-0.39, 0.29) is 5.04 Å². The minimum absolute atomic E-state index is 0.0959. The number of benzene rings is 1. The van der Waals surface area contributed by atoms with E-state index in [1.54, 1.807) is 19.1 Å². The lowest BCUT2D eigenvalue weighted by Gasteiger charge is -2.37. The summed E-state index contributed by atoms with van der Waals surface area (Å²) in [6.07, 6.45) is 0. The van der Waals surface area contributed by atoms with Gasteiger partial charge in [-0.1, -0.05) is 26.8 Å². The molecule has 0 aromatic heterocycles. The van der Waals surface area contributed by atoms with E-state index in [9.17, 15) is 4.79 Å². The quantitative estimate of drug-likeness (QED) is 0.839. The van der Waals surface area contributed by atoms with Gasteiger partial charge in [0.2, 0.25) is 8.32 Å². The number of carbonyl (C=O) groups is 1. The van der Waals surface area contributed by atoms with Gasteiger partial charge in [0.1, 0.15) is 5.75 Å². The molecule has 1 aromatic rings. The first-order valence-electron chi connectivity index (χ1n) is 6.08. The molecule has 0 atom stereocenters. The molecule has 1 N–H and O–H groups in total. The van der Waals surface area contributed by atoms with Crippen molar-refractivity contribution in [3.8, 4) is 5.75 Å². The van der Waals surface area contributed by atoms with Crippen molar-refractivity contribution >= 4 is 14.3 Å². The number of hydrogen-bond donors (Lipinski definition) is 1. The van der Waals surface area contributed by atoms with Gasteiger partial charge in [0, 0.05) is 5.56 Å². The Morgan fingerprint density at radius 1 is 1.28 bits per heavy atom. The SMILES string of the molecule is Cc1c(O[Si](C)(C)C(C)(C)C)cccc1C(=O)O. The second-order valence-electron chi connectivity index (χ2n) is 6.10. The molecule has 0 amide bonds. The Morgan fingerprint density at radius 3 is 2.28 bits per heavy atom. The summed E-state index contributed by atoms with van der Waals surface area (Å²) < 4.78 is 6.16. The molecule has 0 saturated heterocycles. The normalized spacial score (nSPS) is 12.3. The Balaban J connectivity index is 3.14. The highest BCUT2D eigenvalue weighted by Gasteiger charge is 2.39. The largest absolute Gasteiger partial charge is 0.543 e. The summed E-state index contributed by atoms with van der Waals surface area (Å²) in [7, 11) is -1.93. The average Bonchev–Trinajstić information content (AvgIpc) is 2.18. The minimum Gasteiger partial charge on any atom is -0.543 e. The molecule has 0 aliphatic heterocycles. The maximum absolute atomic E-state index is 11.1. The third kappa shape index (κ3) is 2.93. The van der Waals surface area contributed by atoms with Crippen molar-refractivity contribution in [2.75, 3.05) is 0 Å². The molecule has 0 fully saturated rings. The van der Waals surface area contributed by atoms with Gasteiger partial charge in [-0.05, 0) is 37.2 Å². The molecule has 0 radical (unpaired) electrons. The maximum atomic E-state index is 11.1. The van der Waals surface area contributed by atoms with E-state index in [0.717, 1.165) is 0 Å². The van der Waals surface area contributed by atoms with Crippen LogP contribution < -0.4 is 4.43 Å². The highest BCUT2D eigenvalue weighted by molar-refractivity contribution is 6.74. The summed E-state index contributed by atoms with van der Waals surface area (Å²) in [5.41, 5.74) is 1.01. The first-order valence-corrected chi connectivity index (χ1v) is 8.99. The zero-order valence-electron chi connectivity index (χ0n) is 12.0. The molecule has 3 nitrogen and oxygen atoms in total. The van der Waals surface area contributed by atoms with E-state index in [1.807, 2.05) is 6.07 Å². The number of carboxylic acid groups (broad SMARTS) is 1. The second kappa shape index (κ2) is 4.76. The van der Waals surface area contributed by atoms with Crippen molar-refractivity contribution in [3.05, 3.63) is 29.3 Å². The second-order valence-corrected chi connectivity index (χ2v) is 10.8. The first-order chi connectivity index (χ1) is 8.06. The van der Waals surface area contributed by atoms with Gasteiger partial charge in [-0.3, -0.25) is 0 Å². The fraction of sp³-hybridized carbons (Fsp3) is 0.500. The molecule has 0 aliphatic rings. The van der Waals surface area contributed by atoms with Crippen molar-refractivity contribution < 1.29 is 14.3 Å². The van der Waals surface area contributed by atoms with E-state index in [4.69, 9.17) is 9.53 Å². The van der Waals surface area contributed by atoms with Crippen LogP contribution in [0.2, 0.25) is 18.1 Å². The molecule has 18 heavy (non-hydrogen) atoms. The first kappa shape index (κ1) is 14.8. The highest BCUT2D eigenvalue weighted by Crippen LogP contribution is 2.38. The van der Waals surface area contributed by atoms with E-state index in [0.29, 0.717) is 16.9 Å². The monoisotopic (exact) mass is 266 g/mol. The van der Waals surface area contributed by atoms with Gasteiger partial charge in [-0.25, -0.2) is 4.79 Å². The van der Waals surface area contributed by atoms with Gasteiger partial charge in [0.25, 0.3) is 0 Å². The smallest absolute Gasteiger partial charge is 0.336 e. The zero-order valence-corrected chi connectivity index (χ0v) is 13.0. The molecular formula is C14H22O3Si. The van der Waals surface area contributed by atoms with Crippen LogP contribution in [-0.2, 0) is 0 Å². The Bertz CT molecular complexity index is 459. The molecular weight excluding hydrogens is 244 g/mol. The summed E-state index contributed by atoms with van der Waals surface area (Å²) in [6.45, 7) is 12.6.